The molecule has 1 nitrogen and oxygen atoms in total. The van der Waals surface area contributed by atoms with Crippen LogP contribution in [0.2, 0.25) is 0 Å². The summed E-state index contributed by atoms with van der Waals surface area (Å²) in [4.78, 5) is 1.95. The molecule has 0 spiro atoms. The topological polar surface area (TPSA) is 3.24 Å². The molecule has 0 unspecified atom stereocenters. The van der Waals surface area contributed by atoms with E-state index in [1.54, 1.807) is 0 Å². The van der Waals surface area contributed by atoms with Gasteiger partial charge in [-0.2, -0.15) is 0 Å². The van der Waals surface area contributed by atoms with Crippen LogP contribution in [-0.2, 0) is 5.41 Å². The summed E-state index contributed by atoms with van der Waals surface area (Å²) >= 11 is 0. The molecule has 0 heterocycles. The highest BCUT2D eigenvalue weighted by atomic mass is 15.1. The van der Waals surface area contributed by atoms with E-state index in [4.69, 9.17) is 0 Å². The van der Waals surface area contributed by atoms with Crippen LogP contribution in [0.3, 0.4) is 0 Å². The molecule has 1 aliphatic carbocycles. The van der Waals surface area contributed by atoms with Crippen molar-refractivity contribution in [3.8, 4) is 44.5 Å². The molecular formula is C59H41N. The molecule has 1 heteroatoms. The van der Waals surface area contributed by atoms with Gasteiger partial charge in [0.1, 0.15) is 0 Å². The van der Waals surface area contributed by atoms with Gasteiger partial charge in [0.05, 0.1) is 16.6 Å². The van der Waals surface area contributed by atoms with Gasteiger partial charge in [0.2, 0.25) is 0 Å². The summed E-state index contributed by atoms with van der Waals surface area (Å²) < 4.78 is 38.4. The number of rotatable bonds is 8. The maximum atomic E-state index is 9.74. The molecule has 0 aliphatic heterocycles. The second-order valence-electron chi connectivity index (χ2n) is 15.3. The SMILES string of the molecule is [2H]c1c([2H])c(N(c2ccc(-c3cccc(-c4ccc5ccccc5c4)c3)cc2)c2cccc3c2-c2ccccc2C3(c2ccccc2)c2ccccc2)c([2H])c([2H])c1-c1ccccc1. The average Bonchev–Trinajstić information content (AvgIpc) is 3.67. The largest absolute Gasteiger partial charge is 0.310 e. The molecule has 1 aliphatic rings. The molecule has 0 atom stereocenters. The molecular weight excluding hydrogens is 723 g/mol. The molecule has 0 N–H and O–H groups in total. The molecule has 10 aromatic carbocycles. The predicted molar refractivity (Wildman–Crippen MR) is 252 cm³/mol. The summed E-state index contributed by atoms with van der Waals surface area (Å²) in [5.74, 6) is 0. The average molecular weight is 768 g/mol. The number of fused-ring (bicyclic) bond motifs is 4. The Labute approximate surface area is 357 Å². The highest BCUT2D eigenvalue weighted by molar-refractivity contribution is 5.98. The van der Waals surface area contributed by atoms with Gasteiger partial charge >= 0.3 is 0 Å². The zero-order valence-electron chi connectivity index (χ0n) is 36.8. The smallest absolute Gasteiger partial charge is 0.0714 e. The fraction of sp³-hybridized carbons (Fsp3) is 0.0169. The maximum Gasteiger partial charge on any atom is 0.0714 e. The minimum atomic E-state index is -0.679. The Balaban J connectivity index is 1.13. The van der Waals surface area contributed by atoms with Gasteiger partial charge in [-0.1, -0.05) is 206 Å². The first-order chi connectivity index (χ1) is 31.4. The molecule has 282 valence electrons. The lowest BCUT2D eigenvalue weighted by molar-refractivity contribution is 0.768. The number of benzene rings is 10. The van der Waals surface area contributed by atoms with Gasteiger partial charge < -0.3 is 4.90 Å². The van der Waals surface area contributed by atoms with Crippen LogP contribution < -0.4 is 4.90 Å². The van der Waals surface area contributed by atoms with Gasteiger partial charge in [-0.3, -0.25) is 0 Å². The summed E-state index contributed by atoms with van der Waals surface area (Å²) in [5.41, 5.74) is 12.7. The van der Waals surface area contributed by atoms with E-state index in [1.807, 2.05) is 59.5 Å². The second kappa shape index (κ2) is 14.9. The maximum absolute atomic E-state index is 9.74. The van der Waals surface area contributed by atoms with Crippen LogP contribution in [0.25, 0.3) is 55.3 Å². The lowest BCUT2D eigenvalue weighted by Crippen LogP contribution is -2.28. The first-order valence-electron chi connectivity index (χ1n) is 22.4. The van der Waals surface area contributed by atoms with Gasteiger partial charge in [0.25, 0.3) is 0 Å². The van der Waals surface area contributed by atoms with Crippen molar-refractivity contribution in [2.24, 2.45) is 0 Å². The molecule has 0 fully saturated rings. The first kappa shape index (κ1) is 31.3. The Morgan fingerprint density at radius 2 is 0.850 bits per heavy atom. The van der Waals surface area contributed by atoms with Crippen molar-refractivity contribution in [1.29, 1.82) is 0 Å². The molecule has 11 rings (SSSR count). The van der Waals surface area contributed by atoms with Gasteiger partial charge in [-0.25, -0.2) is 0 Å². The Hall–Kier alpha value is -7.74. The van der Waals surface area contributed by atoms with Gasteiger partial charge in [-0.05, 0) is 114 Å². The first-order valence-corrected chi connectivity index (χ1v) is 20.4. The molecule has 0 amide bonds. The Bertz CT molecular complexity index is 3300. The van der Waals surface area contributed by atoms with Gasteiger partial charge in [0.15, 0.2) is 0 Å². The van der Waals surface area contributed by atoms with Crippen molar-refractivity contribution in [2.75, 3.05) is 4.90 Å². The van der Waals surface area contributed by atoms with Crippen molar-refractivity contribution in [3.63, 3.8) is 0 Å². The Kier molecular flexibility index (Phi) is 7.76. The van der Waals surface area contributed by atoms with Crippen LogP contribution in [-0.4, -0.2) is 0 Å². The van der Waals surface area contributed by atoms with E-state index in [0.717, 1.165) is 61.3 Å². The zero-order valence-corrected chi connectivity index (χ0v) is 32.8. The fourth-order valence-corrected chi connectivity index (χ4v) is 9.27. The fourth-order valence-electron chi connectivity index (χ4n) is 9.27. The zero-order chi connectivity index (χ0) is 43.4. The van der Waals surface area contributed by atoms with Crippen LogP contribution in [0.5, 0.6) is 0 Å². The van der Waals surface area contributed by atoms with Crippen LogP contribution in [0, 0.1) is 0 Å². The molecule has 0 bridgehead atoms. The third-order valence-electron chi connectivity index (χ3n) is 12.0. The number of hydrogen-bond acceptors (Lipinski definition) is 1. The minimum absolute atomic E-state index is 0.0924. The monoisotopic (exact) mass is 767 g/mol. The lowest BCUT2D eigenvalue weighted by Gasteiger charge is -2.34. The standard InChI is InChI=1S/C59H41N/c1-4-16-42(17-5-1)44-32-36-52(37-33-44)60(53-38-34-45(35-39-53)47-20-14-21-48(40-47)49-31-30-43-18-10-11-19-46(43)41-49)57-29-15-28-56-58(57)54-26-12-13-27-55(54)59(56,50-22-6-2-7-23-50)51-24-8-3-9-25-51/h1-41H/i32D,33D,36D,37D. The second-order valence-corrected chi connectivity index (χ2v) is 15.3. The lowest BCUT2D eigenvalue weighted by atomic mass is 9.68. The van der Waals surface area contributed by atoms with Crippen molar-refractivity contribution < 1.29 is 5.48 Å². The van der Waals surface area contributed by atoms with Crippen molar-refractivity contribution >= 4 is 27.8 Å². The molecule has 60 heavy (non-hydrogen) atoms. The molecule has 0 saturated carbocycles. The van der Waals surface area contributed by atoms with Crippen molar-refractivity contribution in [3.05, 3.63) is 271 Å². The minimum Gasteiger partial charge on any atom is -0.310 e. The van der Waals surface area contributed by atoms with E-state index in [-0.39, 0.29) is 35.4 Å². The van der Waals surface area contributed by atoms with Gasteiger partial charge in [-0.15, -0.1) is 0 Å². The Morgan fingerprint density at radius 3 is 1.57 bits per heavy atom. The van der Waals surface area contributed by atoms with Crippen LogP contribution in [0.1, 0.15) is 27.7 Å². The van der Waals surface area contributed by atoms with Crippen LogP contribution >= 0.6 is 0 Å². The summed E-state index contributed by atoms with van der Waals surface area (Å²) in [5, 5.41) is 2.40. The highest BCUT2D eigenvalue weighted by Gasteiger charge is 2.47. The number of nitrogens with zero attached hydrogens (tertiary/aromatic N) is 1. The predicted octanol–water partition coefficient (Wildman–Crippen LogP) is 15.7. The number of hydrogen-bond donors (Lipinski definition) is 0. The van der Waals surface area contributed by atoms with E-state index in [2.05, 4.69) is 170 Å². The van der Waals surface area contributed by atoms with Crippen molar-refractivity contribution in [2.45, 2.75) is 5.41 Å². The third-order valence-corrected chi connectivity index (χ3v) is 12.0. The highest BCUT2D eigenvalue weighted by Crippen LogP contribution is 2.59. The van der Waals surface area contributed by atoms with E-state index in [1.165, 1.54) is 10.8 Å². The summed E-state index contributed by atoms with van der Waals surface area (Å²) in [6.07, 6.45) is 0. The molecule has 10 aromatic rings. The number of anilines is 3. The summed E-state index contributed by atoms with van der Waals surface area (Å²) in [6, 6.07) is 76.8. The normalized spacial score (nSPS) is 13.4. The van der Waals surface area contributed by atoms with E-state index < -0.39 is 5.41 Å². The molecule has 0 saturated heterocycles. The van der Waals surface area contributed by atoms with Crippen LogP contribution in [0.4, 0.5) is 17.1 Å². The van der Waals surface area contributed by atoms with E-state index in [9.17, 15) is 5.48 Å². The van der Waals surface area contributed by atoms with Crippen LogP contribution in [0.15, 0.2) is 249 Å². The molecule has 0 aromatic heterocycles. The molecule has 0 radical (unpaired) electrons. The summed E-state index contributed by atoms with van der Waals surface area (Å²) in [7, 11) is 0. The third kappa shape index (κ3) is 5.94. The quantitative estimate of drug-likeness (QED) is 0.149. The van der Waals surface area contributed by atoms with E-state index in [0.29, 0.717) is 11.3 Å². The van der Waals surface area contributed by atoms with Crippen molar-refractivity contribution in [1.82, 2.24) is 0 Å². The summed E-state index contributed by atoms with van der Waals surface area (Å²) in [6.45, 7) is 0. The Morgan fingerprint density at radius 1 is 0.333 bits per heavy atom. The van der Waals surface area contributed by atoms with Gasteiger partial charge in [0, 0.05) is 16.9 Å². The van der Waals surface area contributed by atoms with E-state index >= 15 is 0 Å².